The highest BCUT2D eigenvalue weighted by Crippen LogP contribution is 2.22. The Hall–Kier alpha value is -1.98. The Morgan fingerprint density at radius 2 is 2.21 bits per heavy atom. The Morgan fingerprint density at radius 3 is 2.71 bits per heavy atom. The minimum Gasteiger partial charge on any atom is -0.465 e. The summed E-state index contributed by atoms with van der Waals surface area (Å²) in [5.41, 5.74) is -1.25. The number of nitro groups is 1. The van der Waals surface area contributed by atoms with E-state index >= 15 is 0 Å². The summed E-state index contributed by atoms with van der Waals surface area (Å²) in [5.74, 6) is -1.99. The molecular weight excluding hydrogens is 193 g/mol. The smallest absolute Gasteiger partial charge is 0.345 e. The molecule has 0 atom stereocenters. The van der Waals surface area contributed by atoms with E-state index in [9.17, 15) is 19.3 Å². The van der Waals surface area contributed by atoms with Crippen LogP contribution in [0.1, 0.15) is 10.4 Å². The highest BCUT2D eigenvalue weighted by Gasteiger charge is 2.24. The number of para-hydroxylation sites is 1. The van der Waals surface area contributed by atoms with Crippen LogP contribution in [0.15, 0.2) is 18.2 Å². The summed E-state index contributed by atoms with van der Waals surface area (Å²) in [7, 11) is 1.07. The van der Waals surface area contributed by atoms with E-state index in [0.29, 0.717) is 0 Å². The van der Waals surface area contributed by atoms with Crippen LogP contribution in [0.25, 0.3) is 0 Å². The van der Waals surface area contributed by atoms with Gasteiger partial charge in [-0.25, -0.2) is 4.79 Å². The van der Waals surface area contributed by atoms with Gasteiger partial charge in [0.25, 0.3) is 0 Å². The molecule has 0 fully saturated rings. The number of nitrogens with zero attached hydrogens (tertiary/aromatic N) is 1. The second kappa shape index (κ2) is 3.82. The second-order valence-corrected chi connectivity index (χ2v) is 2.38. The van der Waals surface area contributed by atoms with Crippen molar-refractivity contribution in [3.63, 3.8) is 0 Å². The molecule has 1 aromatic rings. The van der Waals surface area contributed by atoms with Gasteiger partial charge in [0, 0.05) is 0 Å². The maximum atomic E-state index is 12.9. The van der Waals surface area contributed by atoms with Crippen molar-refractivity contribution >= 4 is 11.7 Å². The molecule has 0 aliphatic carbocycles. The van der Waals surface area contributed by atoms with Crippen LogP contribution in [0, 0.1) is 15.9 Å². The van der Waals surface area contributed by atoms with Gasteiger partial charge in [0.1, 0.15) is 5.56 Å². The van der Waals surface area contributed by atoms with Gasteiger partial charge in [-0.3, -0.25) is 10.1 Å². The van der Waals surface area contributed by atoms with Gasteiger partial charge >= 0.3 is 11.7 Å². The first-order chi connectivity index (χ1) is 6.57. The lowest BCUT2D eigenvalue weighted by Crippen LogP contribution is -2.07. The zero-order valence-electron chi connectivity index (χ0n) is 7.19. The molecule has 0 spiro atoms. The Labute approximate surface area is 78.3 Å². The number of hydrogen-bond acceptors (Lipinski definition) is 4. The highest BCUT2D eigenvalue weighted by atomic mass is 19.1. The fraction of sp³-hybridized carbons (Fsp3) is 0.125. The van der Waals surface area contributed by atoms with E-state index in [1.54, 1.807) is 0 Å². The van der Waals surface area contributed by atoms with E-state index in [1.807, 2.05) is 0 Å². The Kier molecular flexibility index (Phi) is 2.76. The number of benzene rings is 1. The van der Waals surface area contributed by atoms with Gasteiger partial charge in [0.15, 0.2) is 0 Å². The Bertz CT molecular complexity index is 391. The number of carbonyl (C=O) groups is 1. The molecule has 74 valence electrons. The molecule has 0 aliphatic rings. The van der Waals surface area contributed by atoms with Crippen LogP contribution >= 0.6 is 0 Å². The van der Waals surface area contributed by atoms with Crippen molar-refractivity contribution in [1.29, 1.82) is 0 Å². The zero-order chi connectivity index (χ0) is 10.7. The molecule has 0 aromatic heterocycles. The summed E-state index contributed by atoms with van der Waals surface area (Å²) in [5, 5.41) is 10.4. The molecule has 14 heavy (non-hydrogen) atoms. The maximum absolute atomic E-state index is 12.9. The molecule has 1 aromatic carbocycles. The maximum Gasteiger partial charge on any atom is 0.345 e. The summed E-state index contributed by atoms with van der Waals surface area (Å²) < 4.78 is 17.2. The predicted molar refractivity (Wildman–Crippen MR) is 44.4 cm³/mol. The first-order valence-corrected chi connectivity index (χ1v) is 3.59. The number of carbonyl (C=O) groups excluding carboxylic acids is 1. The lowest BCUT2D eigenvalue weighted by molar-refractivity contribution is -0.387. The summed E-state index contributed by atoms with van der Waals surface area (Å²) in [6, 6.07) is 3.24. The normalized spacial score (nSPS) is 9.57. The molecular formula is C8H6FNO4. The Morgan fingerprint density at radius 1 is 1.57 bits per heavy atom. The van der Waals surface area contributed by atoms with Crippen LogP contribution in [0.5, 0.6) is 0 Å². The van der Waals surface area contributed by atoms with Gasteiger partial charge in [-0.2, -0.15) is 4.39 Å². The SMILES string of the molecule is COC(=O)c1cccc(F)c1[N+](=O)[O-]. The van der Waals surface area contributed by atoms with Crippen LogP contribution in [-0.4, -0.2) is 18.0 Å². The van der Waals surface area contributed by atoms with Crippen LogP contribution in [-0.2, 0) is 4.74 Å². The molecule has 0 unspecified atom stereocenters. The van der Waals surface area contributed by atoms with Crippen molar-refractivity contribution in [3.8, 4) is 0 Å². The second-order valence-electron chi connectivity index (χ2n) is 2.38. The zero-order valence-corrected chi connectivity index (χ0v) is 7.19. The number of ether oxygens (including phenoxy) is 1. The van der Waals surface area contributed by atoms with Gasteiger partial charge in [0.2, 0.25) is 5.82 Å². The van der Waals surface area contributed by atoms with Gasteiger partial charge in [0.05, 0.1) is 12.0 Å². The van der Waals surface area contributed by atoms with E-state index in [2.05, 4.69) is 4.74 Å². The first-order valence-electron chi connectivity index (χ1n) is 3.59. The monoisotopic (exact) mass is 199 g/mol. The van der Waals surface area contributed by atoms with Crippen LogP contribution in [0.3, 0.4) is 0 Å². The van der Waals surface area contributed by atoms with E-state index in [1.165, 1.54) is 6.07 Å². The van der Waals surface area contributed by atoms with E-state index in [0.717, 1.165) is 19.2 Å². The molecule has 5 nitrogen and oxygen atoms in total. The van der Waals surface area contributed by atoms with Crippen molar-refractivity contribution in [2.24, 2.45) is 0 Å². The molecule has 0 saturated heterocycles. The van der Waals surface area contributed by atoms with Crippen LogP contribution in [0.4, 0.5) is 10.1 Å². The van der Waals surface area contributed by atoms with Crippen molar-refractivity contribution in [1.82, 2.24) is 0 Å². The average Bonchev–Trinajstić information content (AvgIpc) is 2.15. The number of methoxy groups -OCH3 is 1. The number of nitro benzene ring substituents is 1. The third-order valence-corrected chi connectivity index (χ3v) is 1.57. The van der Waals surface area contributed by atoms with Gasteiger partial charge in [-0.15, -0.1) is 0 Å². The number of hydrogen-bond donors (Lipinski definition) is 0. The number of rotatable bonds is 2. The number of halogens is 1. The number of esters is 1. The molecule has 0 radical (unpaired) electrons. The molecule has 0 saturated carbocycles. The minimum absolute atomic E-state index is 0.391. The molecule has 0 aliphatic heterocycles. The summed E-state index contributed by atoms with van der Waals surface area (Å²) in [6.07, 6.45) is 0. The predicted octanol–water partition coefficient (Wildman–Crippen LogP) is 1.52. The van der Waals surface area contributed by atoms with Gasteiger partial charge < -0.3 is 4.74 Å². The topological polar surface area (TPSA) is 69.4 Å². The summed E-state index contributed by atoms with van der Waals surface area (Å²) >= 11 is 0. The fourth-order valence-corrected chi connectivity index (χ4v) is 0.976. The Balaban J connectivity index is 3.35. The van der Waals surface area contributed by atoms with E-state index < -0.39 is 28.0 Å². The van der Waals surface area contributed by atoms with Crippen molar-refractivity contribution < 1.29 is 18.8 Å². The molecule has 1 rings (SSSR count). The lowest BCUT2D eigenvalue weighted by atomic mass is 10.2. The van der Waals surface area contributed by atoms with Gasteiger partial charge in [-0.05, 0) is 12.1 Å². The fourth-order valence-electron chi connectivity index (χ4n) is 0.976. The van der Waals surface area contributed by atoms with Crippen LogP contribution in [0.2, 0.25) is 0 Å². The summed E-state index contributed by atoms with van der Waals surface area (Å²) in [4.78, 5) is 20.5. The lowest BCUT2D eigenvalue weighted by Gasteiger charge is -2.00. The molecule has 6 heteroatoms. The quantitative estimate of drug-likeness (QED) is 0.411. The van der Waals surface area contributed by atoms with Crippen molar-refractivity contribution in [2.45, 2.75) is 0 Å². The van der Waals surface area contributed by atoms with E-state index in [-0.39, 0.29) is 0 Å². The summed E-state index contributed by atoms with van der Waals surface area (Å²) in [6.45, 7) is 0. The first kappa shape index (κ1) is 10.1. The third-order valence-electron chi connectivity index (χ3n) is 1.57. The average molecular weight is 199 g/mol. The highest BCUT2D eigenvalue weighted by molar-refractivity contribution is 5.93. The van der Waals surface area contributed by atoms with Gasteiger partial charge in [-0.1, -0.05) is 6.07 Å². The molecule has 0 bridgehead atoms. The molecule has 0 amide bonds. The van der Waals surface area contributed by atoms with Crippen molar-refractivity contribution in [2.75, 3.05) is 7.11 Å². The molecule has 0 N–H and O–H groups in total. The standard InChI is InChI=1S/C8H6FNO4/c1-14-8(11)5-3-2-4-6(9)7(5)10(12)13/h2-4H,1H3. The van der Waals surface area contributed by atoms with E-state index in [4.69, 9.17) is 0 Å². The van der Waals surface area contributed by atoms with Crippen LogP contribution < -0.4 is 0 Å². The minimum atomic E-state index is -1.06. The third kappa shape index (κ3) is 1.68. The molecule has 0 heterocycles. The largest absolute Gasteiger partial charge is 0.465 e. The van der Waals surface area contributed by atoms with Crippen molar-refractivity contribution in [3.05, 3.63) is 39.7 Å².